The molecule has 0 atom stereocenters. The van der Waals surface area contributed by atoms with E-state index in [-0.39, 0.29) is 18.6 Å². The minimum Gasteiger partial charge on any atom is -0.489 e. The van der Waals surface area contributed by atoms with Crippen molar-refractivity contribution in [3.8, 4) is 5.75 Å². The summed E-state index contributed by atoms with van der Waals surface area (Å²) in [7, 11) is 0. The number of hydrogen-bond acceptors (Lipinski definition) is 6. The van der Waals surface area contributed by atoms with E-state index < -0.39 is 5.82 Å². The first-order valence-electron chi connectivity index (χ1n) is 7.00. The van der Waals surface area contributed by atoms with Gasteiger partial charge in [0.25, 0.3) is 0 Å². The second-order valence-electron chi connectivity index (χ2n) is 5.83. The van der Waals surface area contributed by atoms with Crippen LogP contribution < -0.4 is 10.1 Å². The van der Waals surface area contributed by atoms with Crippen LogP contribution in [0.5, 0.6) is 5.75 Å². The van der Waals surface area contributed by atoms with Gasteiger partial charge in [-0.25, -0.2) is 4.39 Å². The number of aliphatic hydroxyl groups excluding tert-OH is 1. The zero-order chi connectivity index (χ0) is 16.2. The molecule has 0 aliphatic carbocycles. The molecule has 22 heavy (non-hydrogen) atoms. The molecule has 0 spiro atoms. The maximum Gasteiger partial charge on any atom is 0.232 e. The van der Waals surface area contributed by atoms with Crippen molar-refractivity contribution in [2.75, 3.05) is 18.5 Å². The molecule has 0 unspecified atom stereocenters. The number of aliphatic hydroxyl groups is 1. The highest BCUT2D eigenvalue weighted by molar-refractivity contribution is 5.56. The van der Waals surface area contributed by atoms with E-state index in [9.17, 15) is 4.39 Å². The van der Waals surface area contributed by atoms with Gasteiger partial charge in [-0.2, -0.15) is 4.98 Å². The third-order valence-electron chi connectivity index (χ3n) is 2.84. The minimum absolute atomic E-state index is 0.0918. The van der Waals surface area contributed by atoms with E-state index in [1.807, 2.05) is 20.8 Å². The molecular formula is C15H20FN3O3. The molecule has 2 aromatic rings. The van der Waals surface area contributed by atoms with Crippen LogP contribution in [0.25, 0.3) is 0 Å². The van der Waals surface area contributed by atoms with Crippen molar-refractivity contribution >= 4 is 5.69 Å². The lowest BCUT2D eigenvalue weighted by atomic mass is 9.97. The van der Waals surface area contributed by atoms with Crippen LogP contribution in [0, 0.1) is 5.82 Å². The fourth-order valence-corrected chi connectivity index (χ4v) is 1.72. The van der Waals surface area contributed by atoms with Crippen LogP contribution in [0.15, 0.2) is 22.7 Å². The lowest BCUT2D eigenvalue weighted by molar-refractivity contribution is 0.201. The predicted octanol–water partition coefficient (Wildman–Crippen LogP) is 2.49. The molecule has 0 radical (unpaired) electrons. The summed E-state index contributed by atoms with van der Waals surface area (Å²) in [5.74, 6) is 0.976. The number of aromatic nitrogens is 2. The van der Waals surface area contributed by atoms with Crippen molar-refractivity contribution in [1.82, 2.24) is 10.1 Å². The number of nitrogens with zero attached hydrogens (tertiary/aromatic N) is 2. The molecule has 2 N–H and O–H groups in total. The third-order valence-corrected chi connectivity index (χ3v) is 2.84. The van der Waals surface area contributed by atoms with Gasteiger partial charge in [-0.15, -0.1) is 0 Å². The first kappa shape index (κ1) is 16.2. The quantitative estimate of drug-likeness (QED) is 0.853. The summed E-state index contributed by atoms with van der Waals surface area (Å²) < 4.78 is 23.8. The summed E-state index contributed by atoms with van der Waals surface area (Å²) in [6.07, 6.45) is 0. The Hall–Kier alpha value is -2.15. The molecule has 1 aromatic heterocycles. The summed E-state index contributed by atoms with van der Waals surface area (Å²) in [5.41, 5.74) is 0.383. The maximum absolute atomic E-state index is 13.3. The third kappa shape index (κ3) is 4.17. The number of halogens is 1. The number of nitrogens with one attached hydrogen (secondary N) is 1. The summed E-state index contributed by atoms with van der Waals surface area (Å²) in [5, 5.41) is 15.8. The number of rotatable bonds is 6. The second-order valence-corrected chi connectivity index (χ2v) is 5.83. The number of anilines is 1. The highest BCUT2D eigenvalue weighted by Gasteiger charge is 2.21. The molecule has 0 bridgehead atoms. The van der Waals surface area contributed by atoms with Gasteiger partial charge in [0.2, 0.25) is 5.89 Å². The molecule has 0 amide bonds. The normalized spacial score (nSPS) is 11.5. The zero-order valence-electron chi connectivity index (χ0n) is 12.9. The van der Waals surface area contributed by atoms with Gasteiger partial charge in [0, 0.05) is 11.5 Å². The fraction of sp³-hybridized carbons (Fsp3) is 0.467. The van der Waals surface area contributed by atoms with Crippen LogP contribution in [0.4, 0.5) is 10.1 Å². The average molecular weight is 309 g/mol. The molecule has 1 aromatic carbocycles. The van der Waals surface area contributed by atoms with Crippen LogP contribution >= 0.6 is 0 Å². The van der Waals surface area contributed by atoms with E-state index in [0.29, 0.717) is 29.7 Å². The molecule has 0 saturated heterocycles. The molecule has 0 aliphatic heterocycles. The standard InChI is InChI=1S/C15H20FN3O3/c1-15(2,3)14-18-13(19-22-14)9-17-11-5-4-10(16)8-12(11)21-7-6-20/h4-5,8,17,20H,6-7,9H2,1-3H3. The highest BCUT2D eigenvalue weighted by Crippen LogP contribution is 2.26. The summed E-state index contributed by atoms with van der Waals surface area (Å²) in [4.78, 5) is 4.31. The molecule has 7 heteroatoms. The SMILES string of the molecule is CC(C)(C)c1nc(CNc2ccc(F)cc2OCCO)no1. The average Bonchev–Trinajstić information content (AvgIpc) is 2.93. The summed E-state index contributed by atoms with van der Waals surface area (Å²) >= 11 is 0. The first-order valence-corrected chi connectivity index (χ1v) is 7.00. The molecule has 0 aliphatic rings. The largest absolute Gasteiger partial charge is 0.489 e. The first-order chi connectivity index (χ1) is 10.4. The Morgan fingerprint density at radius 1 is 1.36 bits per heavy atom. The maximum atomic E-state index is 13.3. The van der Waals surface area contributed by atoms with Crippen LogP contribution in [-0.4, -0.2) is 28.5 Å². The number of ether oxygens (including phenoxy) is 1. The molecule has 0 saturated carbocycles. The highest BCUT2D eigenvalue weighted by atomic mass is 19.1. The van der Waals surface area contributed by atoms with Crippen LogP contribution in [0.1, 0.15) is 32.5 Å². The topological polar surface area (TPSA) is 80.4 Å². The Morgan fingerprint density at radius 2 is 2.14 bits per heavy atom. The predicted molar refractivity (Wildman–Crippen MR) is 79.3 cm³/mol. The summed E-state index contributed by atoms with van der Waals surface area (Å²) in [6.45, 7) is 6.22. The molecule has 120 valence electrons. The van der Waals surface area contributed by atoms with Gasteiger partial charge in [-0.05, 0) is 12.1 Å². The Balaban J connectivity index is 2.06. The number of hydrogen-bond donors (Lipinski definition) is 2. The second kappa shape index (κ2) is 6.74. The smallest absolute Gasteiger partial charge is 0.232 e. The van der Waals surface area contributed by atoms with Crippen molar-refractivity contribution in [3.63, 3.8) is 0 Å². The number of benzene rings is 1. The van der Waals surface area contributed by atoms with Gasteiger partial charge in [0.15, 0.2) is 5.82 Å². The van der Waals surface area contributed by atoms with Crippen LogP contribution in [0.3, 0.4) is 0 Å². The fourth-order valence-electron chi connectivity index (χ4n) is 1.72. The van der Waals surface area contributed by atoms with Gasteiger partial charge >= 0.3 is 0 Å². The Morgan fingerprint density at radius 3 is 2.77 bits per heavy atom. The van der Waals surface area contributed by atoms with E-state index in [4.69, 9.17) is 14.4 Å². The van der Waals surface area contributed by atoms with Gasteiger partial charge in [-0.3, -0.25) is 0 Å². The van der Waals surface area contributed by atoms with E-state index in [1.54, 1.807) is 6.07 Å². The van der Waals surface area contributed by atoms with Crippen LogP contribution in [0.2, 0.25) is 0 Å². The lowest BCUT2D eigenvalue weighted by Gasteiger charge is -2.12. The van der Waals surface area contributed by atoms with Crippen LogP contribution in [-0.2, 0) is 12.0 Å². The molecular weight excluding hydrogens is 289 g/mol. The van der Waals surface area contributed by atoms with Crippen molar-refractivity contribution in [2.24, 2.45) is 0 Å². The van der Waals surface area contributed by atoms with Gasteiger partial charge in [0.1, 0.15) is 18.2 Å². The Bertz CT molecular complexity index is 623. The Kier molecular flexibility index (Phi) is 4.97. The zero-order valence-corrected chi connectivity index (χ0v) is 12.9. The lowest BCUT2D eigenvalue weighted by Crippen LogP contribution is -2.12. The van der Waals surface area contributed by atoms with Crippen molar-refractivity contribution in [1.29, 1.82) is 0 Å². The van der Waals surface area contributed by atoms with E-state index in [2.05, 4.69) is 15.5 Å². The van der Waals surface area contributed by atoms with Gasteiger partial charge in [-0.1, -0.05) is 25.9 Å². The van der Waals surface area contributed by atoms with E-state index in [0.717, 1.165) is 0 Å². The van der Waals surface area contributed by atoms with E-state index >= 15 is 0 Å². The molecule has 0 fully saturated rings. The van der Waals surface area contributed by atoms with Crippen molar-refractivity contribution in [3.05, 3.63) is 35.7 Å². The van der Waals surface area contributed by atoms with Gasteiger partial charge in [0.05, 0.1) is 18.8 Å². The summed E-state index contributed by atoms with van der Waals surface area (Å²) in [6, 6.07) is 4.15. The van der Waals surface area contributed by atoms with Crippen molar-refractivity contribution in [2.45, 2.75) is 32.7 Å². The molecule has 1 heterocycles. The molecule has 2 rings (SSSR count). The van der Waals surface area contributed by atoms with E-state index in [1.165, 1.54) is 12.1 Å². The molecule has 6 nitrogen and oxygen atoms in total. The van der Waals surface area contributed by atoms with Gasteiger partial charge < -0.3 is 19.7 Å². The monoisotopic (exact) mass is 309 g/mol. The Labute approximate surface area is 128 Å². The van der Waals surface area contributed by atoms with Crippen molar-refractivity contribution < 1.29 is 18.8 Å². The minimum atomic E-state index is -0.409.